The van der Waals surface area contributed by atoms with E-state index in [-0.39, 0.29) is 18.3 Å². The van der Waals surface area contributed by atoms with Crippen molar-refractivity contribution in [2.75, 3.05) is 26.3 Å². The van der Waals surface area contributed by atoms with Crippen LogP contribution in [-0.4, -0.2) is 49.5 Å². The van der Waals surface area contributed by atoms with Crippen molar-refractivity contribution >= 4 is 12.6 Å². The third kappa shape index (κ3) is 2.72. The molecule has 1 unspecified atom stereocenters. The molecule has 4 nitrogen and oxygen atoms in total. The van der Waals surface area contributed by atoms with Gasteiger partial charge in [-0.25, -0.2) is 0 Å². The summed E-state index contributed by atoms with van der Waals surface area (Å²) in [7, 11) is -0.261. The average molecular weight is 329 g/mol. The van der Waals surface area contributed by atoms with Crippen molar-refractivity contribution in [2.45, 2.75) is 57.8 Å². The van der Waals surface area contributed by atoms with Gasteiger partial charge in [-0.1, -0.05) is 18.2 Å². The molecule has 1 aromatic carbocycles. The Kier molecular flexibility index (Phi) is 4.03. The minimum absolute atomic E-state index is 0.261. The lowest BCUT2D eigenvalue weighted by Crippen LogP contribution is -2.41. The predicted molar refractivity (Wildman–Crippen MR) is 95.6 cm³/mol. The van der Waals surface area contributed by atoms with Gasteiger partial charge in [0.15, 0.2) is 0 Å². The van der Waals surface area contributed by atoms with Crippen molar-refractivity contribution in [2.24, 2.45) is 0 Å². The standard InChI is InChI=1S/C19H28BNO3/c1-18(2)19(3,4)24-20(23-18)15-6-7-16-14(13-15)5-8-17(16)21-9-11-22-12-10-21/h6-7,13,17H,5,8-12H2,1-4H3. The summed E-state index contributed by atoms with van der Waals surface area (Å²) < 4.78 is 17.9. The highest BCUT2D eigenvalue weighted by molar-refractivity contribution is 6.62. The van der Waals surface area contributed by atoms with Gasteiger partial charge < -0.3 is 14.0 Å². The molecule has 2 aliphatic heterocycles. The fourth-order valence-corrected chi connectivity index (χ4v) is 4.01. The van der Waals surface area contributed by atoms with Crippen LogP contribution in [0, 0.1) is 0 Å². The molecular weight excluding hydrogens is 301 g/mol. The third-order valence-electron chi connectivity index (χ3n) is 6.23. The molecule has 3 aliphatic rings. The van der Waals surface area contributed by atoms with Crippen molar-refractivity contribution in [3.8, 4) is 0 Å². The molecule has 0 aromatic heterocycles. The summed E-state index contributed by atoms with van der Waals surface area (Å²) in [6, 6.07) is 7.34. The lowest BCUT2D eigenvalue weighted by molar-refractivity contribution is 0.00578. The first-order valence-electron chi connectivity index (χ1n) is 9.17. The Bertz CT molecular complexity index is 609. The van der Waals surface area contributed by atoms with Crippen LogP contribution in [0.3, 0.4) is 0 Å². The van der Waals surface area contributed by atoms with Crippen molar-refractivity contribution in [1.29, 1.82) is 0 Å². The fraction of sp³-hybridized carbons (Fsp3) is 0.684. The molecule has 0 spiro atoms. The SMILES string of the molecule is CC1(C)OB(c2ccc3c(c2)CCC3N2CCOCC2)OC1(C)C. The summed E-state index contributed by atoms with van der Waals surface area (Å²) in [5.41, 5.74) is 3.52. The highest BCUT2D eigenvalue weighted by Crippen LogP contribution is 2.38. The topological polar surface area (TPSA) is 30.9 Å². The summed E-state index contributed by atoms with van der Waals surface area (Å²) in [6.45, 7) is 12.2. The van der Waals surface area contributed by atoms with Crippen LogP contribution in [0.5, 0.6) is 0 Å². The molecule has 130 valence electrons. The van der Waals surface area contributed by atoms with E-state index in [1.54, 1.807) is 0 Å². The fourth-order valence-electron chi connectivity index (χ4n) is 4.01. The van der Waals surface area contributed by atoms with Crippen LogP contribution in [0.2, 0.25) is 0 Å². The molecule has 0 amide bonds. The van der Waals surface area contributed by atoms with Crippen LogP contribution < -0.4 is 5.46 Å². The molecule has 1 aliphatic carbocycles. The molecule has 0 saturated carbocycles. The van der Waals surface area contributed by atoms with Crippen molar-refractivity contribution in [3.63, 3.8) is 0 Å². The second kappa shape index (κ2) is 5.84. The molecule has 1 atom stereocenters. The zero-order valence-corrected chi connectivity index (χ0v) is 15.3. The average Bonchev–Trinajstić information content (AvgIpc) is 3.06. The molecule has 2 saturated heterocycles. The molecule has 5 heteroatoms. The van der Waals surface area contributed by atoms with Gasteiger partial charge in [-0.15, -0.1) is 0 Å². The molecule has 0 bridgehead atoms. The summed E-state index contributed by atoms with van der Waals surface area (Å²) in [5, 5.41) is 0. The Morgan fingerprint density at radius 1 is 1.04 bits per heavy atom. The highest BCUT2D eigenvalue weighted by atomic mass is 16.7. The molecule has 0 N–H and O–H groups in total. The quantitative estimate of drug-likeness (QED) is 0.779. The predicted octanol–water partition coefficient (Wildman–Crippen LogP) is 2.31. The zero-order valence-electron chi connectivity index (χ0n) is 15.3. The summed E-state index contributed by atoms with van der Waals surface area (Å²) in [5.74, 6) is 0. The van der Waals surface area contributed by atoms with E-state index >= 15 is 0 Å². The van der Waals surface area contributed by atoms with Gasteiger partial charge >= 0.3 is 7.12 Å². The van der Waals surface area contributed by atoms with E-state index < -0.39 is 0 Å². The molecule has 1 aromatic rings. The summed E-state index contributed by atoms with van der Waals surface area (Å²) >= 11 is 0. The van der Waals surface area contributed by atoms with Crippen molar-refractivity contribution in [3.05, 3.63) is 29.3 Å². The molecule has 4 rings (SSSR count). The van der Waals surface area contributed by atoms with Gasteiger partial charge in [0, 0.05) is 19.1 Å². The van der Waals surface area contributed by atoms with E-state index in [4.69, 9.17) is 14.0 Å². The maximum Gasteiger partial charge on any atom is 0.494 e. The smallest absolute Gasteiger partial charge is 0.399 e. The number of hydrogen-bond donors (Lipinski definition) is 0. The van der Waals surface area contributed by atoms with Crippen LogP contribution in [-0.2, 0) is 20.5 Å². The largest absolute Gasteiger partial charge is 0.494 e. The first-order chi connectivity index (χ1) is 11.4. The highest BCUT2D eigenvalue weighted by Gasteiger charge is 2.51. The van der Waals surface area contributed by atoms with Crippen LogP contribution >= 0.6 is 0 Å². The maximum atomic E-state index is 6.20. The van der Waals surface area contributed by atoms with Gasteiger partial charge in [-0.2, -0.15) is 0 Å². The van der Waals surface area contributed by atoms with E-state index in [1.807, 2.05) is 0 Å². The number of hydrogen-bond acceptors (Lipinski definition) is 4. The number of aryl methyl sites for hydroxylation is 1. The second-order valence-corrected chi connectivity index (χ2v) is 8.25. The van der Waals surface area contributed by atoms with Gasteiger partial charge in [-0.05, 0) is 57.1 Å². The minimum Gasteiger partial charge on any atom is -0.399 e. The van der Waals surface area contributed by atoms with Crippen LogP contribution in [0.4, 0.5) is 0 Å². The monoisotopic (exact) mass is 329 g/mol. The van der Waals surface area contributed by atoms with Gasteiger partial charge in [0.05, 0.1) is 24.4 Å². The number of ether oxygens (including phenoxy) is 1. The van der Waals surface area contributed by atoms with Crippen molar-refractivity contribution < 1.29 is 14.0 Å². The Balaban J connectivity index is 1.55. The Morgan fingerprint density at radius 2 is 1.71 bits per heavy atom. The first kappa shape index (κ1) is 16.6. The van der Waals surface area contributed by atoms with Crippen LogP contribution in [0.15, 0.2) is 18.2 Å². The van der Waals surface area contributed by atoms with E-state index in [2.05, 4.69) is 50.8 Å². The normalized spacial score (nSPS) is 29.0. The summed E-state index contributed by atoms with van der Waals surface area (Å²) in [4.78, 5) is 2.57. The number of fused-ring (bicyclic) bond motifs is 1. The van der Waals surface area contributed by atoms with Gasteiger partial charge in [0.25, 0.3) is 0 Å². The Hall–Kier alpha value is -0.875. The third-order valence-corrected chi connectivity index (χ3v) is 6.23. The first-order valence-corrected chi connectivity index (χ1v) is 9.17. The number of rotatable bonds is 2. The van der Waals surface area contributed by atoms with Crippen LogP contribution in [0.25, 0.3) is 0 Å². The Labute approximate surface area is 145 Å². The van der Waals surface area contributed by atoms with Crippen LogP contribution in [0.1, 0.15) is 51.3 Å². The van der Waals surface area contributed by atoms with E-state index in [0.717, 1.165) is 38.2 Å². The van der Waals surface area contributed by atoms with Gasteiger partial charge in [0.1, 0.15) is 0 Å². The maximum absolute atomic E-state index is 6.20. The van der Waals surface area contributed by atoms with E-state index in [0.29, 0.717) is 6.04 Å². The van der Waals surface area contributed by atoms with E-state index in [1.165, 1.54) is 17.5 Å². The second-order valence-electron chi connectivity index (χ2n) is 8.25. The van der Waals surface area contributed by atoms with Gasteiger partial charge in [0.2, 0.25) is 0 Å². The minimum atomic E-state index is -0.285. The molecule has 0 radical (unpaired) electrons. The lowest BCUT2D eigenvalue weighted by Gasteiger charge is -2.32. The number of nitrogens with zero attached hydrogens (tertiary/aromatic N) is 1. The molecule has 2 fully saturated rings. The summed E-state index contributed by atoms with van der Waals surface area (Å²) in [6.07, 6.45) is 2.35. The number of benzene rings is 1. The molecular formula is C19H28BNO3. The zero-order chi connectivity index (χ0) is 16.9. The van der Waals surface area contributed by atoms with E-state index in [9.17, 15) is 0 Å². The molecule has 2 heterocycles. The van der Waals surface area contributed by atoms with Gasteiger partial charge in [-0.3, -0.25) is 4.90 Å². The Morgan fingerprint density at radius 3 is 2.38 bits per heavy atom. The lowest BCUT2D eigenvalue weighted by atomic mass is 9.78. The molecule has 24 heavy (non-hydrogen) atoms. The van der Waals surface area contributed by atoms with Crippen molar-refractivity contribution in [1.82, 2.24) is 4.90 Å². The number of morpholine rings is 1.